The van der Waals surface area contributed by atoms with Crippen LogP contribution < -0.4 is 35.1 Å². The molecule has 2 amide bonds. The molecule has 13 heteroatoms. The minimum Gasteiger partial charge on any atom is -0.454 e. The molecule has 0 radical (unpaired) electrons. The molecule has 0 saturated heterocycles. The van der Waals surface area contributed by atoms with E-state index in [9.17, 15) is 14.4 Å². The molecule has 0 spiro atoms. The molecule has 0 fully saturated rings. The number of rotatable bonds is 16. The van der Waals surface area contributed by atoms with E-state index in [1.54, 1.807) is 23.8 Å². The van der Waals surface area contributed by atoms with E-state index < -0.39 is 5.25 Å². The molecular formula is C31H38N4O8S. The Morgan fingerprint density at radius 1 is 0.977 bits per heavy atom. The van der Waals surface area contributed by atoms with Crippen molar-refractivity contribution in [3.05, 3.63) is 46.2 Å². The van der Waals surface area contributed by atoms with Crippen molar-refractivity contribution in [3.8, 4) is 23.0 Å². The number of ether oxygens (including phenoxy) is 5. The fourth-order valence-corrected chi connectivity index (χ4v) is 6.01. The van der Waals surface area contributed by atoms with Crippen LogP contribution in [0.15, 0.2) is 40.3 Å². The Bertz CT molecular complexity index is 1550. The van der Waals surface area contributed by atoms with Crippen molar-refractivity contribution in [3.63, 3.8) is 0 Å². The Kier molecular flexibility index (Phi) is 10.8. The maximum atomic E-state index is 13.7. The van der Waals surface area contributed by atoms with Crippen LogP contribution in [0, 0.1) is 0 Å². The van der Waals surface area contributed by atoms with E-state index in [4.69, 9.17) is 28.7 Å². The molecule has 2 aliphatic rings. The first-order valence-electron chi connectivity index (χ1n) is 14.9. The number of hydrogen-bond donors (Lipinski definition) is 2. The molecule has 1 aromatic heterocycles. The molecule has 2 N–H and O–H groups in total. The molecule has 3 aromatic rings. The Morgan fingerprint density at radius 2 is 1.73 bits per heavy atom. The summed E-state index contributed by atoms with van der Waals surface area (Å²) >= 11 is 1.29. The topological polar surface area (TPSA) is 139 Å². The van der Waals surface area contributed by atoms with Gasteiger partial charge >= 0.3 is 0 Å². The zero-order valence-corrected chi connectivity index (χ0v) is 25.8. The fraction of sp³-hybridized carbons (Fsp3) is 0.484. The van der Waals surface area contributed by atoms with Gasteiger partial charge in [-0.1, -0.05) is 31.2 Å². The average molecular weight is 627 g/mol. The molecule has 236 valence electrons. The van der Waals surface area contributed by atoms with Gasteiger partial charge in [-0.2, -0.15) is 0 Å². The van der Waals surface area contributed by atoms with Crippen molar-refractivity contribution < 1.29 is 33.3 Å². The van der Waals surface area contributed by atoms with Gasteiger partial charge in [0.25, 0.3) is 5.56 Å². The highest BCUT2D eigenvalue weighted by atomic mass is 32.2. The molecule has 2 aromatic carbocycles. The number of thioether (sulfide) groups is 1. The minimum absolute atomic E-state index is 0.0400. The molecule has 1 unspecified atom stereocenters. The van der Waals surface area contributed by atoms with E-state index in [2.05, 4.69) is 10.6 Å². The predicted molar refractivity (Wildman–Crippen MR) is 164 cm³/mol. The zero-order chi connectivity index (χ0) is 30.9. The zero-order valence-electron chi connectivity index (χ0n) is 25.0. The number of hydrogen-bond acceptors (Lipinski definition) is 10. The lowest BCUT2D eigenvalue weighted by Crippen LogP contribution is -2.34. The third-order valence-corrected chi connectivity index (χ3v) is 8.72. The first-order chi connectivity index (χ1) is 21.5. The molecule has 44 heavy (non-hydrogen) atoms. The van der Waals surface area contributed by atoms with Crippen LogP contribution in [0.4, 0.5) is 0 Å². The second-order valence-electron chi connectivity index (χ2n) is 10.5. The van der Waals surface area contributed by atoms with Crippen molar-refractivity contribution in [2.24, 2.45) is 0 Å². The average Bonchev–Trinajstić information content (AvgIpc) is 3.70. The van der Waals surface area contributed by atoms with Gasteiger partial charge in [0, 0.05) is 45.8 Å². The van der Waals surface area contributed by atoms with Crippen molar-refractivity contribution >= 4 is 34.5 Å². The largest absolute Gasteiger partial charge is 0.454 e. The number of aromatic nitrogens is 2. The van der Waals surface area contributed by atoms with Crippen molar-refractivity contribution in [1.82, 2.24) is 20.2 Å². The van der Waals surface area contributed by atoms with Gasteiger partial charge < -0.3 is 34.3 Å². The van der Waals surface area contributed by atoms with E-state index in [1.807, 2.05) is 25.1 Å². The minimum atomic E-state index is -0.421. The molecule has 5 rings (SSSR count). The molecule has 3 heterocycles. The lowest BCUT2D eigenvalue weighted by molar-refractivity contribution is -0.121. The fourth-order valence-electron chi connectivity index (χ4n) is 4.94. The second-order valence-corrected chi connectivity index (χ2v) is 11.7. The molecule has 12 nitrogen and oxygen atoms in total. The summed E-state index contributed by atoms with van der Waals surface area (Å²) < 4.78 is 28.4. The van der Waals surface area contributed by atoms with Gasteiger partial charge in [-0.15, -0.1) is 0 Å². The summed E-state index contributed by atoms with van der Waals surface area (Å²) in [5, 5.41) is 6.38. The first-order valence-corrected chi connectivity index (χ1v) is 15.8. The van der Waals surface area contributed by atoms with Crippen LogP contribution >= 0.6 is 11.8 Å². The molecule has 0 saturated carbocycles. The van der Waals surface area contributed by atoms with Gasteiger partial charge in [-0.25, -0.2) is 4.98 Å². The maximum Gasteiger partial charge on any atom is 0.262 e. The van der Waals surface area contributed by atoms with Crippen molar-refractivity contribution in [1.29, 1.82) is 0 Å². The number of nitrogens with one attached hydrogen (secondary N) is 2. The Morgan fingerprint density at radius 3 is 2.50 bits per heavy atom. The van der Waals surface area contributed by atoms with Gasteiger partial charge in [0.05, 0.1) is 16.2 Å². The monoisotopic (exact) mass is 626 g/mol. The van der Waals surface area contributed by atoms with Crippen LogP contribution in [-0.2, 0) is 27.4 Å². The normalized spacial score (nSPS) is 13.7. The number of fused-ring (bicyclic) bond motifs is 3. The van der Waals surface area contributed by atoms with Gasteiger partial charge in [-0.05, 0) is 49.4 Å². The summed E-state index contributed by atoms with van der Waals surface area (Å²) in [6.45, 7) is 4.12. The number of carbonyl (C=O) groups is 2. The van der Waals surface area contributed by atoms with Crippen LogP contribution in [0.5, 0.6) is 23.0 Å². The number of nitrogens with zero attached hydrogens (tertiary/aromatic N) is 2. The van der Waals surface area contributed by atoms with Crippen molar-refractivity contribution in [2.45, 2.75) is 68.9 Å². The van der Waals surface area contributed by atoms with Gasteiger partial charge in [-0.3, -0.25) is 19.0 Å². The molecule has 0 aliphatic carbocycles. The summed E-state index contributed by atoms with van der Waals surface area (Å²) in [6, 6.07) is 8.99. The summed E-state index contributed by atoms with van der Waals surface area (Å²) in [5.41, 5.74) is 1.23. The number of benzene rings is 2. The number of amides is 2. The Balaban J connectivity index is 1.20. The lowest BCUT2D eigenvalue weighted by atomic mass is 10.1. The predicted octanol–water partition coefficient (Wildman–Crippen LogP) is 3.75. The molecule has 0 bridgehead atoms. The number of carbonyl (C=O) groups excluding carboxylic acids is 2. The maximum absolute atomic E-state index is 13.7. The summed E-state index contributed by atoms with van der Waals surface area (Å²) in [7, 11) is 1.63. The summed E-state index contributed by atoms with van der Waals surface area (Å²) in [6.07, 6.45) is 3.74. The Labute approximate surface area is 259 Å². The highest BCUT2D eigenvalue weighted by molar-refractivity contribution is 8.00. The van der Waals surface area contributed by atoms with E-state index >= 15 is 0 Å². The molecule has 1 atom stereocenters. The quantitative estimate of drug-likeness (QED) is 0.137. The second kappa shape index (κ2) is 15.2. The number of unbranched alkanes of at least 4 members (excludes halogenated alkanes) is 2. The van der Waals surface area contributed by atoms with Crippen molar-refractivity contribution in [2.75, 3.05) is 33.8 Å². The van der Waals surface area contributed by atoms with E-state index in [-0.39, 0.29) is 31.0 Å². The van der Waals surface area contributed by atoms with Gasteiger partial charge in [0.1, 0.15) is 0 Å². The molecular weight excluding hydrogens is 588 g/mol. The van der Waals surface area contributed by atoms with E-state index in [0.717, 1.165) is 12.0 Å². The van der Waals surface area contributed by atoms with Crippen LogP contribution in [0.1, 0.15) is 51.0 Å². The SMILES string of the molecule is CCC(Sc1nc2cc3c(cc2c(=O)n1CCCCCC(=O)NCc1ccc2c(c1)OCO2)OCO3)C(=O)NCCCOC. The standard InChI is InChI=1S/C31H38N4O8S/c1-3-27(29(37)32-11-7-13-39-2)44-31-34-22-16-26-25(42-19-43-26)15-21(22)30(38)35(31)12-6-4-5-8-28(36)33-17-20-9-10-23-24(14-20)41-18-40-23/h9-10,14-16,27H,3-8,11-13,17-19H2,1-2H3,(H,32,37)(H,33,36). The van der Waals surface area contributed by atoms with Crippen LogP contribution in [0.2, 0.25) is 0 Å². The third-order valence-electron chi connectivity index (χ3n) is 7.36. The van der Waals surface area contributed by atoms with E-state index in [0.29, 0.717) is 97.4 Å². The molecule has 2 aliphatic heterocycles. The summed E-state index contributed by atoms with van der Waals surface area (Å²) in [4.78, 5) is 43.9. The van der Waals surface area contributed by atoms with Crippen LogP contribution in [-0.4, -0.2) is 60.5 Å². The highest BCUT2D eigenvalue weighted by Gasteiger charge is 2.24. The lowest BCUT2D eigenvalue weighted by Gasteiger charge is -2.18. The smallest absolute Gasteiger partial charge is 0.262 e. The Hall–Kier alpha value is -3.97. The van der Waals surface area contributed by atoms with Gasteiger partial charge in [0.2, 0.25) is 25.4 Å². The first kappa shape index (κ1) is 31.5. The van der Waals surface area contributed by atoms with Gasteiger partial charge in [0.15, 0.2) is 28.2 Å². The highest BCUT2D eigenvalue weighted by Crippen LogP contribution is 2.36. The van der Waals surface area contributed by atoms with Crippen LogP contribution in [0.25, 0.3) is 10.9 Å². The summed E-state index contributed by atoms with van der Waals surface area (Å²) in [5.74, 6) is 2.30. The van der Waals surface area contributed by atoms with E-state index in [1.165, 1.54) is 11.8 Å². The third kappa shape index (κ3) is 7.75. The van der Waals surface area contributed by atoms with Crippen LogP contribution in [0.3, 0.4) is 0 Å². The number of methoxy groups -OCH3 is 1.